The van der Waals surface area contributed by atoms with Gasteiger partial charge in [0.1, 0.15) is 5.75 Å². The normalized spacial score (nSPS) is 24.6. The monoisotopic (exact) mass is 294 g/mol. The molecule has 1 saturated heterocycles. The fourth-order valence-electron chi connectivity index (χ4n) is 2.51. The molecule has 5 nitrogen and oxygen atoms in total. The van der Waals surface area contributed by atoms with Crippen molar-refractivity contribution in [3.8, 4) is 5.75 Å². The predicted octanol–water partition coefficient (Wildman–Crippen LogP) is 1.04. The summed E-state index contributed by atoms with van der Waals surface area (Å²) in [6, 6.07) is 5.34. The van der Waals surface area contributed by atoms with E-state index >= 15 is 0 Å². The van der Waals surface area contributed by atoms with Crippen LogP contribution in [0.15, 0.2) is 18.2 Å². The Morgan fingerprint density at radius 1 is 1.45 bits per heavy atom. The number of hydrogen-bond acceptors (Lipinski definition) is 3. The lowest BCUT2D eigenvalue weighted by molar-refractivity contribution is -0.129. The maximum absolute atomic E-state index is 12.2. The van der Waals surface area contributed by atoms with Gasteiger partial charge < -0.3 is 15.4 Å². The number of carbonyl (C=O) groups is 2. The Morgan fingerprint density at radius 2 is 2.30 bits per heavy atom. The molecule has 2 unspecified atom stereocenters. The molecule has 2 N–H and O–H groups in total. The molecule has 6 heteroatoms. The van der Waals surface area contributed by atoms with Crippen LogP contribution in [-0.4, -0.2) is 30.5 Å². The third kappa shape index (κ3) is 2.72. The molecule has 0 aliphatic carbocycles. The van der Waals surface area contributed by atoms with Crippen LogP contribution in [0.5, 0.6) is 5.75 Å². The van der Waals surface area contributed by atoms with E-state index in [4.69, 9.17) is 16.3 Å². The fraction of sp³-hybridized carbons (Fsp3) is 0.429. The van der Waals surface area contributed by atoms with Gasteiger partial charge in [-0.15, -0.1) is 0 Å². The summed E-state index contributed by atoms with van der Waals surface area (Å²) in [7, 11) is 0. The summed E-state index contributed by atoms with van der Waals surface area (Å²) in [6.07, 6.45) is 1.14. The van der Waals surface area contributed by atoms with Crippen LogP contribution in [0.1, 0.15) is 18.4 Å². The van der Waals surface area contributed by atoms with E-state index in [1.807, 2.05) is 6.07 Å². The Balaban J connectivity index is 1.58. The number of rotatable bonds is 2. The minimum atomic E-state index is -0.513. The van der Waals surface area contributed by atoms with E-state index in [1.165, 1.54) is 0 Å². The maximum atomic E-state index is 12.2. The first kappa shape index (κ1) is 13.2. The van der Waals surface area contributed by atoms with Gasteiger partial charge in [-0.05, 0) is 30.2 Å². The van der Waals surface area contributed by atoms with E-state index in [-0.39, 0.29) is 17.9 Å². The van der Waals surface area contributed by atoms with E-state index in [2.05, 4.69) is 10.6 Å². The van der Waals surface area contributed by atoms with Gasteiger partial charge in [0.05, 0.1) is 0 Å². The largest absolute Gasteiger partial charge is 0.480 e. The van der Waals surface area contributed by atoms with Crippen LogP contribution in [0.25, 0.3) is 0 Å². The summed E-state index contributed by atoms with van der Waals surface area (Å²) in [5.74, 6) is 0.611. The number of halogens is 1. The SMILES string of the molecule is O=C1CCC(NC(=O)C2Cc3cc(Cl)ccc3O2)CN1. The molecule has 2 amide bonds. The highest BCUT2D eigenvalue weighted by molar-refractivity contribution is 6.30. The van der Waals surface area contributed by atoms with Crippen molar-refractivity contribution in [2.75, 3.05) is 6.54 Å². The molecule has 106 valence electrons. The molecular weight excluding hydrogens is 280 g/mol. The number of piperidine rings is 1. The smallest absolute Gasteiger partial charge is 0.261 e. The van der Waals surface area contributed by atoms with Crippen molar-refractivity contribution < 1.29 is 14.3 Å². The number of ether oxygens (including phenoxy) is 1. The molecule has 0 spiro atoms. The number of benzene rings is 1. The van der Waals surface area contributed by atoms with Gasteiger partial charge in [0.15, 0.2) is 6.10 Å². The summed E-state index contributed by atoms with van der Waals surface area (Å²) in [5.41, 5.74) is 0.953. The molecular formula is C14H15ClN2O3. The van der Waals surface area contributed by atoms with Crippen molar-refractivity contribution in [1.29, 1.82) is 0 Å². The summed E-state index contributed by atoms with van der Waals surface area (Å²) in [5, 5.41) is 6.30. The second kappa shape index (κ2) is 5.32. The summed E-state index contributed by atoms with van der Waals surface area (Å²) < 4.78 is 5.63. The highest BCUT2D eigenvalue weighted by Gasteiger charge is 2.31. The molecule has 0 saturated carbocycles. The first-order valence-corrected chi connectivity index (χ1v) is 7.02. The quantitative estimate of drug-likeness (QED) is 0.856. The zero-order valence-corrected chi connectivity index (χ0v) is 11.6. The molecule has 3 rings (SSSR count). The number of nitrogens with one attached hydrogen (secondary N) is 2. The van der Waals surface area contributed by atoms with Crippen LogP contribution >= 0.6 is 11.6 Å². The molecule has 2 heterocycles. The second-order valence-corrected chi connectivity index (χ2v) is 5.55. The van der Waals surface area contributed by atoms with E-state index in [1.54, 1.807) is 12.1 Å². The maximum Gasteiger partial charge on any atom is 0.261 e. The number of carbonyl (C=O) groups excluding carboxylic acids is 2. The molecule has 2 aliphatic rings. The Labute approximate surface area is 121 Å². The van der Waals surface area contributed by atoms with E-state index in [0.29, 0.717) is 36.6 Å². The minimum absolute atomic E-state index is 0.0175. The van der Waals surface area contributed by atoms with E-state index in [0.717, 1.165) is 5.56 Å². The van der Waals surface area contributed by atoms with Gasteiger partial charge >= 0.3 is 0 Å². The summed E-state index contributed by atoms with van der Waals surface area (Å²) >= 11 is 5.92. The first-order valence-electron chi connectivity index (χ1n) is 6.64. The Morgan fingerprint density at radius 3 is 3.05 bits per heavy atom. The molecule has 0 radical (unpaired) electrons. The van der Waals surface area contributed by atoms with Crippen LogP contribution in [0, 0.1) is 0 Å². The highest BCUT2D eigenvalue weighted by Crippen LogP contribution is 2.31. The van der Waals surface area contributed by atoms with Crippen molar-refractivity contribution in [2.24, 2.45) is 0 Å². The Hall–Kier alpha value is -1.75. The predicted molar refractivity (Wildman–Crippen MR) is 73.7 cm³/mol. The molecule has 1 aromatic carbocycles. The summed E-state index contributed by atoms with van der Waals surface area (Å²) in [6.45, 7) is 0.482. The fourth-order valence-corrected chi connectivity index (χ4v) is 2.71. The third-order valence-electron chi connectivity index (χ3n) is 3.60. The molecule has 1 aromatic rings. The Kier molecular flexibility index (Phi) is 3.53. The van der Waals surface area contributed by atoms with Crippen LogP contribution in [-0.2, 0) is 16.0 Å². The van der Waals surface area contributed by atoms with Crippen molar-refractivity contribution in [2.45, 2.75) is 31.4 Å². The zero-order valence-electron chi connectivity index (χ0n) is 10.8. The van der Waals surface area contributed by atoms with Crippen LogP contribution in [0.4, 0.5) is 0 Å². The van der Waals surface area contributed by atoms with Crippen LogP contribution in [0.2, 0.25) is 5.02 Å². The number of hydrogen-bond donors (Lipinski definition) is 2. The van der Waals surface area contributed by atoms with Gasteiger partial charge in [0, 0.05) is 30.5 Å². The molecule has 20 heavy (non-hydrogen) atoms. The second-order valence-electron chi connectivity index (χ2n) is 5.11. The first-order chi connectivity index (χ1) is 9.61. The number of fused-ring (bicyclic) bond motifs is 1. The Bertz CT molecular complexity index is 551. The van der Waals surface area contributed by atoms with Gasteiger partial charge in [-0.2, -0.15) is 0 Å². The van der Waals surface area contributed by atoms with E-state index < -0.39 is 6.10 Å². The van der Waals surface area contributed by atoms with Gasteiger partial charge in [-0.1, -0.05) is 11.6 Å². The van der Waals surface area contributed by atoms with Gasteiger partial charge in [0.2, 0.25) is 5.91 Å². The summed E-state index contributed by atoms with van der Waals surface area (Å²) in [4.78, 5) is 23.2. The van der Waals surface area contributed by atoms with Crippen molar-refractivity contribution in [3.63, 3.8) is 0 Å². The van der Waals surface area contributed by atoms with Gasteiger partial charge in [-0.25, -0.2) is 0 Å². The standard InChI is InChI=1S/C14H15ClN2O3/c15-9-1-3-11-8(5-9)6-12(20-11)14(19)17-10-2-4-13(18)16-7-10/h1,3,5,10,12H,2,4,6-7H2,(H,16,18)(H,17,19). The number of amides is 2. The molecule has 1 fully saturated rings. The van der Waals surface area contributed by atoms with Gasteiger partial charge in [-0.3, -0.25) is 9.59 Å². The highest BCUT2D eigenvalue weighted by atomic mass is 35.5. The van der Waals surface area contributed by atoms with E-state index in [9.17, 15) is 9.59 Å². The topological polar surface area (TPSA) is 67.4 Å². The molecule has 0 aromatic heterocycles. The lowest BCUT2D eigenvalue weighted by Crippen LogP contribution is -2.51. The van der Waals surface area contributed by atoms with Crippen molar-refractivity contribution in [3.05, 3.63) is 28.8 Å². The lowest BCUT2D eigenvalue weighted by Gasteiger charge is -2.24. The van der Waals surface area contributed by atoms with Crippen molar-refractivity contribution >= 4 is 23.4 Å². The zero-order chi connectivity index (χ0) is 14.1. The van der Waals surface area contributed by atoms with Crippen LogP contribution < -0.4 is 15.4 Å². The van der Waals surface area contributed by atoms with Crippen molar-refractivity contribution in [1.82, 2.24) is 10.6 Å². The lowest BCUT2D eigenvalue weighted by atomic mass is 10.1. The minimum Gasteiger partial charge on any atom is -0.480 e. The third-order valence-corrected chi connectivity index (χ3v) is 3.84. The molecule has 2 atom stereocenters. The molecule has 0 bridgehead atoms. The molecule has 2 aliphatic heterocycles. The van der Waals surface area contributed by atoms with Crippen LogP contribution in [0.3, 0.4) is 0 Å². The average molecular weight is 295 g/mol. The average Bonchev–Trinajstić information content (AvgIpc) is 2.84. The van der Waals surface area contributed by atoms with Gasteiger partial charge in [0.25, 0.3) is 5.91 Å².